The second kappa shape index (κ2) is 4.79. The summed E-state index contributed by atoms with van der Waals surface area (Å²) in [5, 5.41) is 0. The van der Waals surface area contributed by atoms with Crippen molar-refractivity contribution >= 4 is 0 Å². The normalized spacial score (nSPS) is 34.4. The molecule has 0 spiro atoms. The van der Waals surface area contributed by atoms with E-state index in [1.165, 1.54) is 30.4 Å². The molecule has 0 bridgehead atoms. The van der Waals surface area contributed by atoms with Gasteiger partial charge in [0.2, 0.25) is 0 Å². The minimum absolute atomic E-state index is 0.224. The van der Waals surface area contributed by atoms with Crippen LogP contribution in [0.3, 0.4) is 0 Å². The fourth-order valence-electron chi connectivity index (χ4n) is 3.48. The van der Waals surface area contributed by atoms with Gasteiger partial charge in [0.25, 0.3) is 0 Å². The van der Waals surface area contributed by atoms with E-state index in [-0.39, 0.29) is 5.60 Å². The average molecular weight is 256 g/mol. The van der Waals surface area contributed by atoms with Gasteiger partial charge in [0.05, 0.1) is 11.7 Å². The summed E-state index contributed by atoms with van der Waals surface area (Å²) in [7, 11) is 0. The number of hydrogen-bond acceptors (Lipinski definition) is 1. The van der Waals surface area contributed by atoms with Crippen LogP contribution in [-0.4, -0.2) is 11.7 Å². The molecule has 0 aromatic heterocycles. The van der Waals surface area contributed by atoms with Gasteiger partial charge < -0.3 is 4.74 Å². The molecule has 1 nitrogen and oxygen atoms in total. The summed E-state index contributed by atoms with van der Waals surface area (Å²) in [5.41, 5.74) is 3.07. The number of fused-ring (bicyclic) bond motifs is 1. The number of ether oxygens (including phenoxy) is 1. The highest BCUT2D eigenvalue weighted by Gasteiger charge is 2.55. The minimum atomic E-state index is 0.224. The van der Waals surface area contributed by atoms with Crippen molar-refractivity contribution in [2.45, 2.75) is 57.2 Å². The van der Waals surface area contributed by atoms with E-state index in [4.69, 9.17) is 4.74 Å². The number of hydrogen-bond donors (Lipinski definition) is 0. The van der Waals surface area contributed by atoms with Crippen molar-refractivity contribution in [3.63, 3.8) is 0 Å². The standard InChI is InChI=1S/C18H24O/c1-13(15-7-5-4-6-8-15)11-14(2)16-9-10-18(3)17(12-16)19-18/h4-8,13,16-17H,2,9-12H2,1,3H3. The van der Waals surface area contributed by atoms with Crippen molar-refractivity contribution in [3.05, 3.63) is 48.0 Å². The van der Waals surface area contributed by atoms with Gasteiger partial charge in [-0.1, -0.05) is 49.4 Å². The van der Waals surface area contributed by atoms with Crippen molar-refractivity contribution < 1.29 is 4.74 Å². The highest BCUT2D eigenvalue weighted by Crippen LogP contribution is 2.51. The number of rotatable bonds is 4. The first kappa shape index (κ1) is 12.9. The molecular formula is C18H24O. The average Bonchev–Trinajstić information content (AvgIpc) is 3.10. The van der Waals surface area contributed by atoms with E-state index in [1.807, 2.05) is 0 Å². The van der Waals surface area contributed by atoms with Gasteiger partial charge in [-0.2, -0.15) is 0 Å². The SMILES string of the molecule is C=C(CC(C)c1ccccc1)C1CCC2(C)OC2C1. The summed E-state index contributed by atoms with van der Waals surface area (Å²) in [6, 6.07) is 10.8. The first-order valence-electron chi connectivity index (χ1n) is 7.49. The fraction of sp³-hybridized carbons (Fsp3) is 0.556. The molecule has 1 aromatic carbocycles. The van der Waals surface area contributed by atoms with Crippen LogP contribution >= 0.6 is 0 Å². The molecule has 2 aliphatic rings. The predicted octanol–water partition coefficient (Wildman–Crippen LogP) is 4.69. The van der Waals surface area contributed by atoms with Crippen molar-refractivity contribution in [2.75, 3.05) is 0 Å². The van der Waals surface area contributed by atoms with Gasteiger partial charge in [-0.15, -0.1) is 0 Å². The Morgan fingerprint density at radius 3 is 2.84 bits per heavy atom. The van der Waals surface area contributed by atoms with Gasteiger partial charge in [0.1, 0.15) is 0 Å². The molecule has 0 radical (unpaired) electrons. The molecule has 0 N–H and O–H groups in total. The number of epoxide rings is 1. The van der Waals surface area contributed by atoms with Gasteiger partial charge in [-0.3, -0.25) is 0 Å². The molecule has 1 heteroatoms. The molecule has 4 atom stereocenters. The Hall–Kier alpha value is -1.08. The predicted molar refractivity (Wildman–Crippen MR) is 79.2 cm³/mol. The van der Waals surface area contributed by atoms with Gasteiger partial charge >= 0.3 is 0 Å². The largest absolute Gasteiger partial charge is 0.366 e. The van der Waals surface area contributed by atoms with E-state index in [1.54, 1.807) is 0 Å². The number of allylic oxidation sites excluding steroid dienone is 1. The maximum absolute atomic E-state index is 5.79. The molecule has 4 unspecified atom stereocenters. The second-order valence-electron chi connectivity index (χ2n) is 6.56. The zero-order valence-corrected chi connectivity index (χ0v) is 12.1. The van der Waals surface area contributed by atoms with Crippen LogP contribution < -0.4 is 0 Å². The third-order valence-electron chi connectivity index (χ3n) is 5.04. The Morgan fingerprint density at radius 1 is 1.42 bits per heavy atom. The lowest BCUT2D eigenvalue weighted by Gasteiger charge is -2.26. The molecule has 0 amide bonds. The highest BCUT2D eigenvalue weighted by molar-refractivity contribution is 5.22. The molecule has 1 aliphatic carbocycles. The molecular weight excluding hydrogens is 232 g/mol. The molecule has 2 fully saturated rings. The second-order valence-corrected chi connectivity index (χ2v) is 6.56. The van der Waals surface area contributed by atoms with Gasteiger partial charge in [-0.05, 0) is 50.0 Å². The van der Waals surface area contributed by atoms with Gasteiger partial charge in [0.15, 0.2) is 0 Å². The van der Waals surface area contributed by atoms with Crippen LogP contribution in [0.2, 0.25) is 0 Å². The van der Waals surface area contributed by atoms with E-state index in [0.29, 0.717) is 17.9 Å². The third kappa shape index (κ3) is 2.62. The topological polar surface area (TPSA) is 12.5 Å². The van der Waals surface area contributed by atoms with Crippen molar-refractivity contribution in [2.24, 2.45) is 5.92 Å². The van der Waals surface area contributed by atoms with Crippen LogP contribution in [0.5, 0.6) is 0 Å². The Balaban J connectivity index is 1.57. The number of benzene rings is 1. The van der Waals surface area contributed by atoms with Crippen LogP contribution in [-0.2, 0) is 4.74 Å². The molecule has 1 heterocycles. The van der Waals surface area contributed by atoms with E-state index in [9.17, 15) is 0 Å². The van der Waals surface area contributed by atoms with E-state index in [2.05, 4.69) is 50.8 Å². The smallest absolute Gasteiger partial charge is 0.0920 e. The summed E-state index contributed by atoms with van der Waals surface area (Å²) in [6.07, 6.45) is 5.28. The Morgan fingerprint density at radius 2 is 2.16 bits per heavy atom. The molecule has 102 valence electrons. The third-order valence-corrected chi connectivity index (χ3v) is 5.04. The zero-order valence-electron chi connectivity index (χ0n) is 12.1. The highest BCUT2D eigenvalue weighted by atomic mass is 16.6. The van der Waals surface area contributed by atoms with Gasteiger partial charge in [-0.25, -0.2) is 0 Å². The molecule has 1 aliphatic heterocycles. The Bertz CT molecular complexity index is 464. The van der Waals surface area contributed by atoms with Gasteiger partial charge in [0, 0.05) is 0 Å². The van der Waals surface area contributed by atoms with Crippen LogP contribution in [0.25, 0.3) is 0 Å². The minimum Gasteiger partial charge on any atom is -0.366 e. The summed E-state index contributed by atoms with van der Waals surface area (Å²) in [5.74, 6) is 1.24. The maximum Gasteiger partial charge on any atom is 0.0920 e. The lowest BCUT2D eigenvalue weighted by Crippen LogP contribution is -2.22. The Labute approximate surface area is 116 Å². The van der Waals surface area contributed by atoms with Crippen LogP contribution in [0.1, 0.15) is 51.0 Å². The summed E-state index contributed by atoms with van der Waals surface area (Å²) in [6.45, 7) is 8.92. The molecule has 1 saturated carbocycles. The lowest BCUT2D eigenvalue weighted by molar-refractivity contribution is 0.302. The zero-order chi connectivity index (χ0) is 13.5. The van der Waals surface area contributed by atoms with Crippen molar-refractivity contribution in [1.29, 1.82) is 0 Å². The quantitative estimate of drug-likeness (QED) is 0.562. The lowest BCUT2D eigenvalue weighted by atomic mass is 9.77. The van der Waals surface area contributed by atoms with Crippen LogP contribution in [0, 0.1) is 5.92 Å². The molecule has 1 saturated heterocycles. The molecule has 3 rings (SSSR count). The molecule has 1 aromatic rings. The van der Waals surface area contributed by atoms with E-state index in [0.717, 1.165) is 6.42 Å². The summed E-state index contributed by atoms with van der Waals surface area (Å²) >= 11 is 0. The monoisotopic (exact) mass is 256 g/mol. The van der Waals surface area contributed by atoms with Crippen LogP contribution in [0.4, 0.5) is 0 Å². The first-order valence-corrected chi connectivity index (χ1v) is 7.49. The van der Waals surface area contributed by atoms with Crippen molar-refractivity contribution in [3.8, 4) is 0 Å². The van der Waals surface area contributed by atoms with Crippen LogP contribution in [0.15, 0.2) is 42.5 Å². The molecule has 19 heavy (non-hydrogen) atoms. The maximum atomic E-state index is 5.79. The fourth-order valence-corrected chi connectivity index (χ4v) is 3.48. The van der Waals surface area contributed by atoms with Crippen molar-refractivity contribution in [1.82, 2.24) is 0 Å². The summed E-state index contributed by atoms with van der Waals surface area (Å²) in [4.78, 5) is 0. The summed E-state index contributed by atoms with van der Waals surface area (Å²) < 4.78 is 5.79. The van der Waals surface area contributed by atoms with E-state index < -0.39 is 0 Å². The van der Waals surface area contributed by atoms with E-state index >= 15 is 0 Å². The Kier molecular flexibility index (Phi) is 3.26. The first-order chi connectivity index (χ1) is 9.08.